The van der Waals surface area contributed by atoms with Crippen molar-refractivity contribution < 1.29 is 14.2 Å². The molecule has 0 saturated heterocycles. The van der Waals surface area contributed by atoms with Crippen molar-refractivity contribution in [1.82, 2.24) is 10.1 Å². The van der Waals surface area contributed by atoms with Crippen LogP contribution in [-0.2, 0) is 6.54 Å². The summed E-state index contributed by atoms with van der Waals surface area (Å²) in [6.45, 7) is 2.72. The first-order valence-corrected chi connectivity index (χ1v) is 6.11. The molecule has 1 aromatic carbocycles. The van der Waals surface area contributed by atoms with Crippen LogP contribution < -0.4 is 10.1 Å². The molecule has 8 nitrogen and oxygen atoms in total. The molecule has 20 heavy (non-hydrogen) atoms. The highest BCUT2D eigenvalue weighted by atomic mass is 16.6. The predicted octanol–water partition coefficient (Wildman–Crippen LogP) is 2.38. The molecule has 2 rings (SSSR count). The van der Waals surface area contributed by atoms with Crippen molar-refractivity contribution in [2.45, 2.75) is 19.9 Å². The van der Waals surface area contributed by atoms with Crippen LogP contribution in [0.2, 0.25) is 0 Å². The lowest BCUT2D eigenvalue weighted by Gasteiger charge is -2.08. The summed E-state index contributed by atoms with van der Waals surface area (Å²) in [5, 5.41) is 17.6. The highest BCUT2D eigenvalue weighted by molar-refractivity contribution is 5.57. The van der Waals surface area contributed by atoms with E-state index in [0.717, 1.165) is 6.42 Å². The van der Waals surface area contributed by atoms with Crippen LogP contribution in [0.3, 0.4) is 0 Å². The van der Waals surface area contributed by atoms with E-state index in [1.54, 1.807) is 12.1 Å². The summed E-state index contributed by atoms with van der Waals surface area (Å²) in [5.41, 5.74) is 0.634. The fourth-order valence-electron chi connectivity index (χ4n) is 1.55. The van der Waals surface area contributed by atoms with Gasteiger partial charge in [-0.1, -0.05) is 12.1 Å². The van der Waals surface area contributed by atoms with Crippen LogP contribution in [-0.4, -0.2) is 21.7 Å². The second-order valence-electron chi connectivity index (χ2n) is 3.99. The first kappa shape index (κ1) is 13.8. The number of nitro benzene ring substituents is 1. The second-order valence-corrected chi connectivity index (χ2v) is 3.99. The summed E-state index contributed by atoms with van der Waals surface area (Å²) in [4.78, 5) is 14.3. The van der Waals surface area contributed by atoms with E-state index >= 15 is 0 Å². The monoisotopic (exact) mass is 278 g/mol. The van der Waals surface area contributed by atoms with Crippen molar-refractivity contribution in [3.05, 3.63) is 40.5 Å². The molecule has 0 spiro atoms. The maximum absolute atomic E-state index is 10.9. The van der Waals surface area contributed by atoms with Gasteiger partial charge in [0.15, 0.2) is 11.6 Å². The van der Waals surface area contributed by atoms with Crippen LogP contribution in [0.1, 0.15) is 19.2 Å². The van der Waals surface area contributed by atoms with Gasteiger partial charge in [0, 0.05) is 17.8 Å². The number of nitro groups is 1. The normalized spacial score (nSPS) is 10.2. The van der Waals surface area contributed by atoms with Gasteiger partial charge in [-0.15, -0.1) is 0 Å². The van der Waals surface area contributed by atoms with Gasteiger partial charge in [-0.3, -0.25) is 10.1 Å². The molecule has 0 unspecified atom stereocenters. The zero-order valence-corrected chi connectivity index (χ0v) is 10.9. The predicted molar refractivity (Wildman–Crippen MR) is 70.5 cm³/mol. The minimum Gasteiger partial charge on any atom is -0.487 e. The topological polar surface area (TPSA) is 103 Å². The average Bonchev–Trinajstić information content (AvgIpc) is 2.96. The van der Waals surface area contributed by atoms with Gasteiger partial charge in [0.2, 0.25) is 6.39 Å². The van der Waals surface area contributed by atoms with Crippen molar-refractivity contribution in [3.8, 4) is 5.75 Å². The lowest BCUT2D eigenvalue weighted by molar-refractivity contribution is -0.385. The molecule has 0 radical (unpaired) electrons. The number of anilines is 1. The Morgan fingerprint density at radius 2 is 2.35 bits per heavy atom. The molecule has 1 aromatic heterocycles. The van der Waals surface area contributed by atoms with E-state index in [2.05, 4.69) is 20.0 Å². The number of aromatic nitrogens is 2. The first-order chi connectivity index (χ1) is 9.70. The molecule has 2 aromatic rings. The molecule has 0 saturated carbocycles. The van der Waals surface area contributed by atoms with Crippen LogP contribution in [0.25, 0.3) is 0 Å². The summed E-state index contributed by atoms with van der Waals surface area (Å²) in [7, 11) is 0. The van der Waals surface area contributed by atoms with Crippen molar-refractivity contribution in [2.24, 2.45) is 0 Å². The van der Waals surface area contributed by atoms with Crippen molar-refractivity contribution in [3.63, 3.8) is 0 Å². The summed E-state index contributed by atoms with van der Waals surface area (Å²) in [6.07, 6.45) is 2.01. The van der Waals surface area contributed by atoms with Gasteiger partial charge in [0.1, 0.15) is 0 Å². The van der Waals surface area contributed by atoms with Gasteiger partial charge >= 0.3 is 5.69 Å². The van der Waals surface area contributed by atoms with Crippen LogP contribution in [0, 0.1) is 10.1 Å². The molecule has 0 aliphatic carbocycles. The van der Waals surface area contributed by atoms with Gasteiger partial charge < -0.3 is 14.6 Å². The number of benzene rings is 1. The summed E-state index contributed by atoms with van der Waals surface area (Å²) in [6, 6.07) is 4.61. The fourth-order valence-corrected chi connectivity index (χ4v) is 1.55. The summed E-state index contributed by atoms with van der Waals surface area (Å²) < 4.78 is 10.0. The third-order valence-corrected chi connectivity index (χ3v) is 2.48. The van der Waals surface area contributed by atoms with E-state index in [4.69, 9.17) is 4.74 Å². The molecule has 0 amide bonds. The molecular formula is C12H14N4O4. The smallest absolute Gasteiger partial charge is 0.311 e. The lowest BCUT2D eigenvalue weighted by atomic mass is 10.2. The highest BCUT2D eigenvalue weighted by Gasteiger charge is 2.15. The second kappa shape index (κ2) is 6.50. The van der Waals surface area contributed by atoms with Gasteiger partial charge in [0.05, 0.1) is 18.1 Å². The van der Waals surface area contributed by atoms with E-state index in [1.807, 2.05) is 6.92 Å². The SMILES string of the molecule is CCCOc1cc(NCc2ncon2)ccc1[N+](=O)[O-]. The number of hydrogen-bond acceptors (Lipinski definition) is 7. The number of nitrogens with one attached hydrogen (secondary N) is 1. The van der Waals surface area contributed by atoms with E-state index in [-0.39, 0.29) is 11.4 Å². The lowest BCUT2D eigenvalue weighted by Crippen LogP contribution is -2.03. The third kappa shape index (κ3) is 3.44. The Bertz CT molecular complexity index is 571. The molecule has 1 heterocycles. The Labute approximate surface area is 114 Å². The van der Waals surface area contributed by atoms with Crippen LogP contribution in [0.4, 0.5) is 11.4 Å². The molecule has 0 aliphatic rings. The molecule has 0 aliphatic heterocycles. The first-order valence-electron chi connectivity index (χ1n) is 6.11. The zero-order chi connectivity index (χ0) is 14.4. The van der Waals surface area contributed by atoms with Crippen LogP contribution >= 0.6 is 0 Å². The largest absolute Gasteiger partial charge is 0.487 e. The van der Waals surface area contributed by atoms with E-state index in [9.17, 15) is 10.1 Å². The Morgan fingerprint density at radius 3 is 3.00 bits per heavy atom. The molecule has 0 atom stereocenters. The maximum atomic E-state index is 10.9. The summed E-state index contributed by atoms with van der Waals surface area (Å²) in [5.74, 6) is 0.745. The highest BCUT2D eigenvalue weighted by Crippen LogP contribution is 2.30. The fraction of sp³-hybridized carbons (Fsp3) is 0.333. The van der Waals surface area contributed by atoms with E-state index in [1.165, 1.54) is 12.5 Å². The van der Waals surface area contributed by atoms with Crippen LogP contribution in [0.5, 0.6) is 5.75 Å². The Morgan fingerprint density at radius 1 is 1.50 bits per heavy atom. The Hall–Kier alpha value is -2.64. The van der Waals surface area contributed by atoms with Crippen molar-refractivity contribution in [1.29, 1.82) is 0 Å². The van der Waals surface area contributed by atoms with Gasteiger partial charge in [0.25, 0.3) is 0 Å². The van der Waals surface area contributed by atoms with E-state index < -0.39 is 4.92 Å². The molecule has 106 valence electrons. The summed E-state index contributed by atoms with van der Waals surface area (Å²) >= 11 is 0. The third-order valence-electron chi connectivity index (χ3n) is 2.48. The Kier molecular flexibility index (Phi) is 4.48. The number of nitrogens with zero attached hydrogens (tertiary/aromatic N) is 3. The zero-order valence-electron chi connectivity index (χ0n) is 10.9. The minimum absolute atomic E-state index is 0.0523. The minimum atomic E-state index is -0.464. The molecular weight excluding hydrogens is 264 g/mol. The van der Waals surface area contributed by atoms with Crippen molar-refractivity contribution in [2.75, 3.05) is 11.9 Å². The molecule has 0 fully saturated rings. The number of hydrogen-bond donors (Lipinski definition) is 1. The number of rotatable bonds is 7. The number of ether oxygens (including phenoxy) is 1. The van der Waals surface area contributed by atoms with E-state index in [0.29, 0.717) is 24.7 Å². The average molecular weight is 278 g/mol. The molecule has 1 N–H and O–H groups in total. The van der Waals surface area contributed by atoms with Gasteiger partial charge in [-0.2, -0.15) is 4.98 Å². The van der Waals surface area contributed by atoms with Crippen LogP contribution in [0.15, 0.2) is 29.1 Å². The van der Waals surface area contributed by atoms with Gasteiger partial charge in [-0.25, -0.2) is 0 Å². The molecule has 0 bridgehead atoms. The maximum Gasteiger partial charge on any atom is 0.311 e. The van der Waals surface area contributed by atoms with Gasteiger partial charge in [-0.05, 0) is 12.5 Å². The standard InChI is InChI=1S/C12H14N4O4/c1-2-5-19-11-6-9(3-4-10(11)16(17)18)13-7-12-14-8-20-15-12/h3-4,6,8,13H,2,5,7H2,1H3. The molecule has 8 heteroatoms. The Balaban J connectivity index is 2.11. The quantitative estimate of drug-likeness (QED) is 0.612. The van der Waals surface area contributed by atoms with Crippen molar-refractivity contribution >= 4 is 11.4 Å².